The van der Waals surface area contributed by atoms with Gasteiger partial charge in [-0.3, -0.25) is 4.57 Å². The van der Waals surface area contributed by atoms with Crippen molar-refractivity contribution in [2.45, 2.75) is 10.3 Å². The van der Waals surface area contributed by atoms with Gasteiger partial charge < -0.3 is 0 Å². The molecule has 80 valence electrons. The minimum atomic E-state index is -3.21. The molecule has 0 spiro atoms. The first-order valence-corrected chi connectivity index (χ1v) is 5.47. The Bertz CT molecular complexity index is 484. The van der Waals surface area contributed by atoms with E-state index < -0.39 is 10.3 Å². The van der Waals surface area contributed by atoms with Crippen molar-refractivity contribution in [1.82, 2.24) is 9.55 Å². The molecule has 2 rings (SSSR count). The number of benzene rings is 1. The highest BCUT2D eigenvalue weighted by atomic mass is 79.9. The summed E-state index contributed by atoms with van der Waals surface area (Å²) in [5.74, 6) is 0. The van der Waals surface area contributed by atoms with E-state index in [4.69, 9.17) is 11.6 Å². The predicted molar refractivity (Wildman–Crippen MR) is 58.5 cm³/mol. The van der Waals surface area contributed by atoms with Gasteiger partial charge in [-0.2, -0.15) is 8.78 Å². The van der Waals surface area contributed by atoms with Crippen molar-refractivity contribution < 1.29 is 8.78 Å². The monoisotopic (exact) mass is 294 g/mol. The van der Waals surface area contributed by atoms with E-state index in [-0.39, 0.29) is 0 Å². The highest BCUT2D eigenvalue weighted by Gasteiger charge is 2.39. The van der Waals surface area contributed by atoms with Gasteiger partial charge in [0.05, 0.1) is 11.0 Å². The van der Waals surface area contributed by atoms with E-state index in [1.165, 1.54) is 0 Å². The Morgan fingerprint density at radius 1 is 1.40 bits per heavy atom. The Balaban J connectivity index is 2.62. The Morgan fingerprint density at radius 3 is 2.73 bits per heavy atom. The zero-order chi connectivity index (χ0) is 11.1. The molecule has 1 aromatic carbocycles. The van der Waals surface area contributed by atoms with Gasteiger partial charge in [-0.1, -0.05) is 28.1 Å². The van der Waals surface area contributed by atoms with Gasteiger partial charge in [0.2, 0.25) is 0 Å². The summed E-state index contributed by atoms with van der Waals surface area (Å²) < 4.78 is 26.5. The number of para-hydroxylation sites is 2. The van der Waals surface area contributed by atoms with Crippen LogP contribution in [0.25, 0.3) is 11.0 Å². The van der Waals surface area contributed by atoms with E-state index in [1.807, 2.05) is 0 Å². The van der Waals surface area contributed by atoms with Crippen molar-refractivity contribution in [3.05, 3.63) is 30.6 Å². The van der Waals surface area contributed by atoms with Crippen molar-refractivity contribution >= 4 is 38.6 Å². The minimum absolute atomic E-state index is 0.354. The van der Waals surface area contributed by atoms with Crippen LogP contribution in [-0.2, 0) is 6.05 Å². The van der Waals surface area contributed by atoms with Crippen LogP contribution in [0.5, 0.6) is 0 Å². The summed E-state index contributed by atoms with van der Waals surface area (Å²) in [7, 11) is 0. The average Bonchev–Trinajstić information content (AvgIpc) is 2.61. The zero-order valence-electron chi connectivity index (χ0n) is 7.37. The van der Waals surface area contributed by atoms with Gasteiger partial charge in [-0.25, -0.2) is 4.98 Å². The minimum Gasteiger partial charge on any atom is -0.268 e. The number of nitrogens with zero attached hydrogens (tertiary/aromatic N) is 2. The number of fused-ring (bicyclic) bond motifs is 1. The Hall–Kier alpha value is -0.680. The third-order valence-corrected chi connectivity index (χ3v) is 2.85. The van der Waals surface area contributed by atoms with Gasteiger partial charge in [0.1, 0.15) is 6.33 Å². The summed E-state index contributed by atoms with van der Waals surface area (Å²) >= 11 is 8.05. The van der Waals surface area contributed by atoms with Crippen LogP contribution in [0.3, 0.4) is 0 Å². The van der Waals surface area contributed by atoms with E-state index in [0.29, 0.717) is 11.0 Å². The number of aromatic nitrogens is 2. The molecule has 15 heavy (non-hydrogen) atoms. The largest absolute Gasteiger partial charge is 0.356 e. The second-order valence-corrected chi connectivity index (χ2v) is 4.87. The lowest BCUT2D eigenvalue weighted by atomic mass is 10.3. The van der Waals surface area contributed by atoms with Crippen molar-refractivity contribution in [2.75, 3.05) is 0 Å². The Labute approximate surface area is 98.0 Å². The topological polar surface area (TPSA) is 17.8 Å². The standard InChI is InChI=1S/C9H6BrClF2N2/c10-8(11)9(12,13)15-5-14-6-3-1-2-4-7(6)15/h1-5,8H. The van der Waals surface area contributed by atoms with Gasteiger partial charge >= 0.3 is 6.05 Å². The summed E-state index contributed by atoms with van der Waals surface area (Å²) in [5.41, 5.74) is 0.870. The lowest BCUT2D eigenvalue weighted by Crippen LogP contribution is -2.29. The third kappa shape index (κ3) is 1.74. The van der Waals surface area contributed by atoms with Crippen LogP contribution in [0.15, 0.2) is 30.6 Å². The first kappa shape index (κ1) is 10.8. The van der Waals surface area contributed by atoms with Crippen molar-refractivity contribution in [3.63, 3.8) is 0 Å². The molecule has 1 atom stereocenters. The molecule has 0 aliphatic heterocycles. The number of halogens is 4. The normalized spacial score (nSPS) is 14.4. The van der Waals surface area contributed by atoms with Crippen LogP contribution in [0.1, 0.15) is 0 Å². The predicted octanol–water partition coefficient (Wildman–Crippen LogP) is 3.55. The molecule has 0 aliphatic carbocycles. The number of hydrogen-bond acceptors (Lipinski definition) is 1. The molecule has 1 aromatic heterocycles. The van der Waals surface area contributed by atoms with Crippen molar-refractivity contribution in [2.24, 2.45) is 0 Å². The molecular weight excluding hydrogens is 289 g/mol. The fraction of sp³-hybridized carbons (Fsp3) is 0.222. The maximum absolute atomic E-state index is 13.6. The third-order valence-electron chi connectivity index (χ3n) is 2.04. The molecule has 0 N–H and O–H groups in total. The van der Waals surface area contributed by atoms with Crippen molar-refractivity contribution in [3.8, 4) is 0 Å². The zero-order valence-corrected chi connectivity index (χ0v) is 9.71. The molecule has 1 heterocycles. The fourth-order valence-electron chi connectivity index (χ4n) is 1.30. The average molecular weight is 296 g/mol. The molecule has 6 heteroatoms. The van der Waals surface area contributed by atoms with E-state index in [2.05, 4.69) is 20.9 Å². The van der Waals surface area contributed by atoms with Gasteiger partial charge in [0.15, 0.2) is 4.29 Å². The number of alkyl halides is 4. The first-order chi connectivity index (χ1) is 7.03. The van der Waals surface area contributed by atoms with Crippen LogP contribution in [0.2, 0.25) is 0 Å². The highest BCUT2D eigenvalue weighted by Crippen LogP contribution is 2.35. The number of hydrogen-bond donors (Lipinski definition) is 0. The summed E-state index contributed by atoms with van der Waals surface area (Å²) in [6.07, 6.45) is 1.08. The summed E-state index contributed by atoms with van der Waals surface area (Å²) in [6.45, 7) is 0. The lowest BCUT2D eigenvalue weighted by Gasteiger charge is -2.19. The molecule has 0 bridgehead atoms. The molecule has 0 aliphatic rings. The molecule has 2 nitrogen and oxygen atoms in total. The highest BCUT2D eigenvalue weighted by molar-refractivity contribution is 9.10. The van der Waals surface area contributed by atoms with Crippen LogP contribution < -0.4 is 0 Å². The van der Waals surface area contributed by atoms with Crippen LogP contribution in [-0.4, -0.2) is 13.8 Å². The summed E-state index contributed by atoms with van der Waals surface area (Å²) in [4.78, 5) is 3.87. The van der Waals surface area contributed by atoms with Crippen LogP contribution >= 0.6 is 27.5 Å². The molecule has 0 saturated heterocycles. The summed E-state index contributed by atoms with van der Waals surface area (Å²) in [5, 5.41) is 0. The molecule has 0 saturated carbocycles. The molecular formula is C9H6BrClF2N2. The quantitative estimate of drug-likeness (QED) is 0.775. The summed E-state index contributed by atoms with van der Waals surface area (Å²) in [6, 6.07) is 3.44. The molecule has 0 fully saturated rings. The number of imidazole rings is 1. The maximum atomic E-state index is 13.6. The van der Waals surface area contributed by atoms with Crippen molar-refractivity contribution in [1.29, 1.82) is 0 Å². The van der Waals surface area contributed by atoms with E-state index >= 15 is 0 Å². The van der Waals surface area contributed by atoms with E-state index in [9.17, 15) is 8.78 Å². The molecule has 2 aromatic rings. The van der Waals surface area contributed by atoms with Gasteiger partial charge in [0.25, 0.3) is 0 Å². The van der Waals surface area contributed by atoms with Gasteiger partial charge in [0, 0.05) is 0 Å². The molecule has 0 radical (unpaired) electrons. The fourth-order valence-corrected chi connectivity index (χ4v) is 1.63. The van der Waals surface area contributed by atoms with Gasteiger partial charge in [-0.05, 0) is 12.1 Å². The first-order valence-electron chi connectivity index (χ1n) is 4.12. The van der Waals surface area contributed by atoms with Gasteiger partial charge in [-0.15, -0.1) is 11.6 Å². The van der Waals surface area contributed by atoms with Crippen LogP contribution in [0.4, 0.5) is 8.78 Å². The Morgan fingerprint density at radius 2 is 2.07 bits per heavy atom. The van der Waals surface area contributed by atoms with E-state index in [1.54, 1.807) is 24.3 Å². The lowest BCUT2D eigenvalue weighted by molar-refractivity contribution is -0.0600. The van der Waals surface area contributed by atoms with E-state index in [0.717, 1.165) is 10.9 Å². The second-order valence-electron chi connectivity index (χ2n) is 2.99. The maximum Gasteiger partial charge on any atom is 0.356 e. The SMILES string of the molecule is FC(F)(C(Cl)Br)n1cnc2ccccc21. The molecule has 0 amide bonds. The smallest absolute Gasteiger partial charge is 0.268 e. The second kappa shape index (κ2) is 3.72. The Kier molecular flexibility index (Phi) is 2.68. The molecule has 1 unspecified atom stereocenters. The van der Waals surface area contributed by atoms with Crippen LogP contribution in [0, 0.1) is 0 Å². The number of rotatable bonds is 2.